The van der Waals surface area contributed by atoms with E-state index in [2.05, 4.69) is 6.07 Å². The van der Waals surface area contributed by atoms with Crippen LogP contribution in [0, 0.1) is 0 Å². The molecule has 3 aromatic rings. The molecule has 3 heteroatoms. The fraction of sp³-hybridized carbons (Fsp3) is 0.0588. The second-order valence-corrected chi connectivity index (χ2v) is 4.61. The van der Waals surface area contributed by atoms with Gasteiger partial charge in [0, 0.05) is 10.9 Å². The molecular formula is C17H12O3. The third-order valence-corrected chi connectivity index (χ3v) is 3.44. The summed E-state index contributed by atoms with van der Waals surface area (Å²) in [4.78, 5) is 0. The molecule has 0 fully saturated rings. The zero-order valence-corrected chi connectivity index (χ0v) is 10.7. The van der Waals surface area contributed by atoms with Crippen LogP contribution in [0.4, 0.5) is 0 Å². The first-order valence-corrected chi connectivity index (χ1v) is 6.46. The first-order chi connectivity index (χ1) is 9.93. The Kier molecular flexibility index (Phi) is 2.49. The van der Waals surface area contributed by atoms with Crippen LogP contribution in [0.3, 0.4) is 0 Å². The Bertz CT molecular complexity index is 791. The topological polar surface area (TPSA) is 35.5 Å². The molecule has 3 nitrogen and oxygen atoms in total. The zero-order chi connectivity index (χ0) is 13.4. The largest absolute Gasteiger partial charge is 0.489 e. The summed E-state index contributed by atoms with van der Waals surface area (Å²) >= 11 is 0. The molecule has 1 aliphatic rings. The highest BCUT2D eigenvalue weighted by molar-refractivity contribution is 5.93. The Labute approximate surface area is 115 Å². The molecule has 4 rings (SSSR count). The summed E-state index contributed by atoms with van der Waals surface area (Å²) < 4.78 is 16.8. The SMILES string of the molecule is C1=COC(c2ccc(-c3ccco3)c3occc23)C=C1. The number of benzene rings is 1. The summed E-state index contributed by atoms with van der Waals surface area (Å²) in [5.74, 6) is 0.802. The molecule has 0 amide bonds. The molecule has 98 valence electrons. The Balaban J connectivity index is 1.89. The van der Waals surface area contributed by atoms with Crippen molar-refractivity contribution in [3.63, 3.8) is 0 Å². The Hall–Kier alpha value is -2.68. The average Bonchev–Trinajstić information content (AvgIpc) is 3.18. The van der Waals surface area contributed by atoms with Crippen LogP contribution in [0.5, 0.6) is 0 Å². The van der Waals surface area contributed by atoms with Gasteiger partial charge in [-0.1, -0.05) is 12.1 Å². The first-order valence-electron chi connectivity index (χ1n) is 6.46. The fourth-order valence-corrected chi connectivity index (χ4v) is 2.52. The van der Waals surface area contributed by atoms with Crippen molar-refractivity contribution in [2.24, 2.45) is 0 Å². The van der Waals surface area contributed by atoms with Crippen LogP contribution in [-0.4, -0.2) is 0 Å². The maximum atomic E-state index is 5.65. The molecule has 1 aromatic carbocycles. The van der Waals surface area contributed by atoms with Gasteiger partial charge in [0.1, 0.15) is 17.4 Å². The number of hydrogen-bond donors (Lipinski definition) is 0. The summed E-state index contributed by atoms with van der Waals surface area (Å²) in [5, 5.41) is 1.05. The van der Waals surface area contributed by atoms with Crippen molar-refractivity contribution < 1.29 is 13.6 Å². The van der Waals surface area contributed by atoms with E-state index in [0.29, 0.717) is 0 Å². The molecule has 1 atom stereocenters. The minimum absolute atomic E-state index is 0.0780. The van der Waals surface area contributed by atoms with E-state index in [9.17, 15) is 0 Å². The predicted molar refractivity (Wildman–Crippen MR) is 76.0 cm³/mol. The number of allylic oxidation sites excluding steroid dienone is 2. The molecule has 20 heavy (non-hydrogen) atoms. The highest BCUT2D eigenvalue weighted by Crippen LogP contribution is 2.36. The Morgan fingerprint density at radius 1 is 0.900 bits per heavy atom. The molecule has 2 aromatic heterocycles. The zero-order valence-electron chi connectivity index (χ0n) is 10.7. The summed E-state index contributed by atoms with van der Waals surface area (Å²) in [6.45, 7) is 0. The fourth-order valence-electron chi connectivity index (χ4n) is 2.52. The Morgan fingerprint density at radius 2 is 1.90 bits per heavy atom. The van der Waals surface area contributed by atoms with E-state index in [4.69, 9.17) is 13.6 Å². The van der Waals surface area contributed by atoms with Crippen molar-refractivity contribution in [3.05, 3.63) is 72.9 Å². The van der Waals surface area contributed by atoms with E-state index < -0.39 is 0 Å². The molecule has 0 N–H and O–H groups in total. The highest BCUT2D eigenvalue weighted by Gasteiger charge is 2.18. The standard InChI is InChI=1S/C17H12O3/c1-2-9-18-15(4-1)12-6-7-14(16-5-3-10-19-16)17-13(12)8-11-20-17/h1-11,15H. The van der Waals surface area contributed by atoms with Crippen LogP contribution in [0.15, 0.2) is 76.2 Å². The lowest BCUT2D eigenvalue weighted by molar-refractivity contribution is 0.187. The van der Waals surface area contributed by atoms with Gasteiger partial charge in [0.25, 0.3) is 0 Å². The van der Waals surface area contributed by atoms with Crippen molar-refractivity contribution in [1.82, 2.24) is 0 Å². The van der Waals surface area contributed by atoms with E-state index in [1.807, 2.05) is 42.5 Å². The lowest BCUT2D eigenvalue weighted by atomic mass is 10.00. The molecule has 1 aliphatic heterocycles. The average molecular weight is 264 g/mol. The third kappa shape index (κ3) is 1.67. The lowest BCUT2D eigenvalue weighted by Crippen LogP contribution is -2.00. The molecule has 0 saturated carbocycles. The summed E-state index contributed by atoms with van der Waals surface area (Å²) in [7, 11) is 0. The number of ether oxygens (including phenoxy) is 1. The van der Waals surface area contributed by atoms with Gasteiger partial charge in [0.05, 0.1) is 24.4 Å². The molecule has 0 aliphatic carbocycles. The minimum Gasteiger partial charge on any atom is -0.489 e. The quantitative estimate of drug-likeness (QED) is 0.664. The highest BCUT2D eigenvalue weighted by atomic mass is 16.5. The normalized spacial score (nSPS) is 17.5. The van der Waals surface area contributed by atoms with E-state index in [-0.39, 0.29) is 6.10 Å². The van der Waals surface area contributed by atoms with E-state index in [1.54, 1.807) is 18.8 Å². The number of hydrogen-bond acceptors (Lipinski definition) is 3. The van der Waals surface area contributed by atoms with Gasteiger partial charge in [-0.15, -0.1) is 0 Å². The van der Waals surface area contributed by atoms with Crippen molar-refractivity contribution in [2.75, 3.05) is 0 Å². The van der Waals surface area contributed by atoms with Crippen LogP contribution in [0.25, 0.3) is 22.3 Å². The van der Waals surface area contributed by atoms with Crippen LogP contribution in [-0.2, 0) is 4.74 Å². The summed E-state index contributed by atoms with van der Waals surface area (Å²) in [5.41, 5.74) is 2.86. The van der Waals surface area contributed by atoms with E-state index in [1.165, 1.54) is 0 Å². The van der Waals surface area contributed by atoms with Gasteiger partial charge in [0.2, 0.25) is 0 Å². The van der Waals surface area contributed by atoms with Gasteiger partial charge in [-0.25, -0.2) is 0 Å². The smallest absolute Gasteiger partial charge is 0.145 e. The number of rotatable bonds is 2. The second kappa shape index (κ2) is 4.46. The van der Waals surface area contributed by atoms with Gasteiger partial charge in [-0.3, -0.25) is 0 Å². The molecule has 0 saturated heterocycles. The van der Waals surface area contributed by atoms with Gasteiger partial charge >= 0.3 is 0 Å². The molecule has 3 heterocycles. The predicted octanol–water partition coefficient (Wildman–Crippen LogP) is 4.83. The van der Waals surface area contributed by atoms with Gasteiger partial charge in [0.15, 0.2) is 0 Å². The molecular weight excluding hydrogens is 252 g/mol. The molecule has 0 spiro atoms. The molecule has 0 radical (unpaired) electrons. The lowest BCUT2D eigenvalue weighted by Gasteiger charge is -2.16. The monoisotopic (exact) mass is 264 g/mol. The van der Waals surface area contributed by atoms with Crippen molar-refractivity contribution >= 4 is 11.0 Å². The van der Waals surface area contributed by atoms with Crippen molar-refractivity contribution in [1.29, 1.82) is 0 Å². The van der Waals surface area contributed by atoms with Gasteiger partial charge in [-0.2, -0.15) is 0 Å². The number of furan rings is 2. The summed E-state index contributed by atoms with van der Waals surface area (Å²) in [6.07, 6.45) is 10.9. The van der Waals surface area contributed by atoms with Crippen molar-refractivity contribution in [2.45, 2.75) is 6.10 Å². The molecule has 1 unspecified atom stereocenters. The first kappa shape index (κ1) is 11.2. The maximum absolute atomic E-state index is 5.65. The van der Waals surface area contributed by atoms with E-state index >= 15 is 0 Å². The van der Waals surface area contributed by atoms with E-state index in [0.717, 1.165) is 27.9 Å². The van der Waals surface area contributed by atoms with Gasteiger partial charge in [-0.05, 0) is 36.4 Å². The molecule has 0 bridgehead atoms. The van der Waals surface area contributed by atoms with Crippen LogP contribution >= 0.6 is 0 Å². The van der Waals surface area contributed by atoms with Crippen molar-refractivity contribution in [3.8, 4) is 11.3 Å². The third-order valence-electron chi connectivity index (χ3n) is 3.44. The number of fused-ring (bicyclic) bond motifs is 1. The van der Waals surface area contributed by atoms with Crippen LogP contribution in [0.1, 0.15) is 11.7 Å². The van der Waals surface area contributed by atoms with Crippen LogP contribution < -0.4 is 0 Å². The second-order valence-electron chi connectivity index (χ2n) is 4.61. The minimum atomic E-state index is -0.0780. The maximum Gasteiger partial charge on any atom is 0.145 e. The van der Waals surface area contributed by atoms with Gasteiger partial charge < -0.3 is 13.6 Å². The van der Waals surface area contributed by atoms with Crippen LogP contribution in [0.2, 0.25) is 0 Å². The summed E-state index contributed by atoms with van der Waals surface area (Å²) in [6, 6.07) is 9.83. The Morgan fingerprint density at radius 3 is 2.70 bits per heavy atom.